The van der Waals surface area contributed by atoms with E-state index in [-0.39, 0.29) is 24.6 Å². The van der Waals surface area contributed by atoms with Gasteiger partial charge in [0.15, 0.2) is 0 Å². The van der Waals surface area contributed by atoms with Gasteiger partial charge in [0.1, 0.15) is 6.04 Å². The molecule has 1 aliphatic heterocycles. The summed E-state index contributed by atoms with van der Waals surface area (Å²) in [4.78, 5) is 0. The predicted molar refractivity (Wildman–Crippen MR) is 52.6 cm³/mol. The Hall–Kier alpha value is -1.37. The molecule has 1 saturated heterocycles. The van der Waals surface area contributed by atoms with E-state index in [9.17, 15) is 0 Å². The fourth-order valence-corrected chi connectivity index (χ4v) is 1.94. The molecule has 0 saturated carbocycles. The highest BCUT2D eigenvalue weighted by molar-refractivity contribution is 5.30. The fraction of sp³-hybridized carbons (Fsp3) is 0.364. The van der Waals surface area contributed by atoms with Gasteiger partial charge in [-0.15, -0.1) is 0 Å². The van der Waals surface area contributed by atoms with Crippen molar-refractivity contribution in [2.24, 2.45) is 0 Å². The van der Waals surface area contributed by atoms with E-state index in [1.807, 2.05) is 30.3 Å². The lowest BCUT2D eigenvalue weighted by atomic mass is 9.78. The standard InChI is InChI=1S/C11H12N2O/c12-6-9-11(10(7-14)13-9)8-4-2-1-3-5-8/h1-5,9-11,13-14H,7H2/t9-,10+,11-/m0/s1. The quantitative estimate of drug-likeness (QED) is 0.715. The third-order valence-corrected chi connectivity index (χ3v) is 2.71. The molecule has 0 amide bonds. The first-order chi connectivity index (χ1) is 6.86. The van der Waals surface area contributed by atoms with Gasteiger partial charge >= 0.3 is 0 Å². The summed E-state index contributed by atoms with van der Waals surface area (Å²) in [6.45, 7) is 0.0811. The van der Waals surface area contributed by atoms with Gasteiger partial charge < -0.3 is 5.11 Å². The monoisotopic (exact) mass is 188 g/mol. The normalized spacial score (nSPS) is 30.4. The molecule has 2 rings (SSSR count). The van der Waals surface area contributed by atoms with Crippen LogP contribution in [0, 0.1) is 11.3 Å². The summed E-state index contributed by atoms with van der Waals surface area (Å²) >= 11 is 0. The zero-order valence-electron chi connectivity index (χ0n) is 7.72. The van der Waals surface area contributed by atoms with Crippen molar-refractivity contribution < 1.29 is 5.11 Å². The van der Waals surface area contributed by atoms with Gasteiger partial charge in [-0.3, -0.25) is 5.32 Å². The number of aliphatic hydroxyl groups is 1. The Balaban J connectivity index is 2.20. The Bertz CT molecular complexity index is 344. The van der Waals surface area contributed by atoms with Crippen LogP contribution in [-0.4, -0.2) is 23.8 Å². The fourth-order valence-electron chi connectivity index (χ4n) is 1.94. The van der Waals surface area contributed by atoms with E-state index in [0.717, 1.165) is 5.56 Å². The second kappa shape index (κ2) is 3.79. The van der Waals surface area contributed by atoms with Crippen LogP contribution in [0.4, 0.5) is 0 Å². The molecule has 0 radical (unpaired) electrons. The third kappa shape index (κ3) is 1.39. The average Bonchev–Trinajstić information content (AvgIpc) is 2.19. The van der Waals surface area contributed by atoms with Gasteiger partial charge in [0.2, 0.25) is 0 Å². The van der Waals surface area contributed by atoms with Gasteiger partial charge in [-0.25, -0.2) is 0 Å². The Morgan fingerprint density at radius 3 is 2.64 bits per heavy atom. The van der Waals surface area contributed by atoms with E-state index >= 15 is 0 Å². The van der Waals surface area contributed by atoms with Gasteiger partial charge in [0.25, 0.3) is 0 Å². The molecule has 0 aromatic heterocycles. The first-order valence-corrected chi connectivity index (χ1v) is 4.68. The minimum Gasteiger partial charge on any atom is -0.395 e. The summed E-state index contributed by atoms with van der Waals surface area (Å²) in [5.74, 6) is 0.131. The van der Waals surface area contributed by atoms with Crippen LogP contribution in [0.25, 0.3) is 0 Å². The summed E-state index contributed by atoms with van der Waals surface area (Å²) < 4.78 is 0. The van der Waals surface area contributed by atoms with Crippen molar-refractivity contribution >= 4 is 0 Å². The van der Waals surface area contributed by atoms with Crippen molar-refractivity contribution in [3.05, 3.63) is 35.9 Å². The molecule has 1 aliphatic rings. The van der Waals surface area contributed by atoms with Crippen LogP contribution in [0.15, 0.2) is 30.3 Å². The highest BCUT2D eigenvalue weighted by Crippen LogP contribution is 2.31. The van der Waals surface area contributed by atoms with Crippen LogP contribution in [0.1, 0.15) is 11.5 Å². The van der Waals surface area contributed by atoms with Gasteiger partial charge in [0, 0.05) is 12.0 Å². The highest BCUT2D eigenvalue weighted by atomic mass is 16.3. The van der Waals surface area contributed by atoms with Crippen molar-refractivity contribution in [1.82, 2.24) is 5.32 Å². The molecule has 2 N–H and O–H groups in total. The number of nitrogens with one attached hydrogen (secondary N) is 1. The highest BCUT2D eigenvalue weighted by Gasteiger charge is 2.40. The summed E-state index contributed by atoms with van der Waals surface area (Å²) in [6, 6.07) is 11.9. The van der Waals surface area contributed by atoms with Crippen LogP contribution in [0.2, 0.25) is 0 Å². The third-order valence-electron chi connectivity index (χ3n) is 2.71. The number of benzene rings is 1. The minimum absolute atomic E-state index is 0.0297. The molecule has 0 bridgehead atoms. The van der Waals surface area contributed by atoms with Gasteiger partial charge in [-0.05, 0) is 5.56 Å². The number of hydrogen-bond donors (Lipinski definition) is 2. The Morgan fingerprint density at radius 2 is 2.07 bits per heavy atom. The number of nitrogens with zero attached hydrogens (tertiary/aromatic N) is 1. The summed E-state index contributed by atoms with van der Waals surface area (Å²) in [7, 11) is 0. The van der Waals surface area contributed by atoms with Crippen LogP contribution in [0.5, 0.6) is 0 Å². The zero-order valence-corrected chi connectivity index (χ0v) is 7.72. The van der Waals surface area contributed by atoms with Crippen molar-refractivity contribution in [3.8, 4) is 6.07 Å². The molecule has 1 aromatic rings. The van der Waals surface area contributed by atoms with Gasteiger partial charge in [-0.1, -0.05) is 30.3 Å². The second-order valence-electron chi connectivity index (χ2n) is 3.50. The zero-order chi connectivity index (χ0) is 9.97. The second-order valence-corrected chi connectivity index (χ2v) is 3.50. The lowest BCUT2D eigenvalue weighted by molar-refractivity contribution is 0.151. The average molecular weight is 188 g/mol. The first-order valence-electron chi connectivity index (χ1n) is 4.68. The number of hydrogen-bond acceptors (Lipinski definition) is 3. The van der Waals surface area contributed by atoms with E-state index in [4.69, 9.17) is 10.4 Å². The molecule has 0 aliphatic carbocycles. The SMILES string of the molecule is N#C[C@@H]1N[C@H](CO)[C@H]1c1ccccc1. The van der Waals surface area contributed by atoms with Crippen LogP contribution in [-0.2, 0) is 0 Å². The van der Waals surface area contributed by atoms with Crippen molar-refractivity contribution in [1.29, 1.82) is 5.26 Å². The van der Waals surface area contributed by atoms with E-state index in [1.165, 1.54) is 0 Å². The van der Waals surface area contributed by atoms with Crippen LogP contribution in [0.3, 0.4) is 0 Å². The summed E-state index contributed by atoms with van der Waals surface area (Å²) in [5.41, 5.74) is 1.12. The number of aliphatic hydroxyl groups excluding tert-OH is 1. The molecular weight excluding hydrogens is 176 g/mol. The molecule has 1 fully saturated rings. The largest absolute Gasteiger partial charge is 0.395 e. The molecule has 1 aromatic carbocycles. The topological polar surface area (TPSA) is 56.0 Å². The number of nitriles is 1. The van der Waals surface area contributed by atoms with Crippen molar-refractivity contribution in [2.75, 3.05) is 6.61 Å². The maximum Gasteiger partial charge on any atom is 0.104 e. The molecular formula is C11H12N2O. The summed E-state index contributed by atoms with van der Waals surface area (Å²) in [5, 5.41) is 20.9. The van der Waals surface area contributed by atoms with Crippen molar-refractivity contribution in [3.63, 3.8) is 0 Å². The molecule has 0 spiro atoms. The maximum atomic E-state index is 9.06. The lowest BCUT2D eigenvalue weighted by Gasteiger charge is -2.41. The minimum atomic E-state index is -0.158. The maximum absolute atomic E-state index is 9.06. The Kier molecular flexibility index (Phi) is 2.49. The molecule has 14 heavy (non-hydrogen) atoms. The predicted octanol–water partition coefficient (Wildman–Crippen LogP) is 0.626. The van der Waals surface area contributed by atoms with Gasteiger partial charge in [-0.2, -0.15) is 5.26 Å². The molecule has 3 nitrogen and oxygen atoms in total. The lowest BCUT2D eigenvalue weighted by Crippen LogP contribution is -2.60. The molecule has 3 heteroatoms. The van der Waals surface area contributed by atoms with E-state index in [1.54, 1.807) is 0 Å². The molecule has 72 valence electrons. The molecule has 3 atom stereocenters. The van der Waals surface area contributed by atoms with Crippen molar-refractivity contribution in [2.45, 2.75) is 18.0 Å². The number of rotatable bonds is 2. The summed E-state index contributed by atoms with van der Waals surface area (Å²) in [6.07, 6.45) is 0. The Morgan fingerprint density at radius 1 is 1.36 bits per heavy atom. The van der Waals surface area contributed by atoms with E-state index < -0.39 is 0 Å². The molecule has 0 unspecified atom stereocenters. The van der Waals surface area contributed by atoms with Gasteiger partial charge in [0.05, 0.1) is 12.7 Å². The molecule has 1 heterocycles. The van der Waals surface area contributed by atoms with E-state index in [0.29, 0.717) is 0 Å². The first kappa shape index (κ1) is 9.20. The van der Waals surface area contributed by atoms with E-state index in [2.05, 4.69) is 11.4 Å². The van der Waals surface area contributed by atoms with Crippen LogP contribution < -0.4 is 5.32 Å². The smallest absolute Gasteiger partial charge is 0.104 e. The Labute approximate surface area is 83.0 Å². The van der Waals surface area contributed by atoms with Crippen LogP contribution >= 0.6 is 0 Å².